The molecule has 0 atom stereocenters. The average Bonchev–Trinajstić information content (AvgIpc) is 3.67. The van der Waals surface area contributed by atoms with Gasteiger partial charge >= 0.3 is 0 Å². The number of allylic oxidation sites excluding steroid dienone is 2. The lowest BCUT2D eigenvalue weighted by Gasteiger charge is -2.10. The van der Waals surface area contributed by atoms with Gasteiger partial charge in [0.05, 0.1) is 28.3 Å². The lowest BCUT2D eigenvalue weighted by molar-refractivity contribution is 0.791. The smallest absolute Gasteiger partial charge is 0.159 e. The highest BCUT2D eigenvalue weighted by molar-refractivity contribution is 7.08. The zero-order valence-corrected chi connectivity index (χ0v) is 22.0. The highest BCUT2D eigenvalue weighted by atomic mass is 32.1. The number of pyridine rings is 1. The molecule has 0 fully saturated rings. The van der Waals surface area contributed by atoms with E-state index in [9.17, 15) is 0 Å². The number of aromatic nitrogens is 5. The summed E-state index contributed by atoms with van der Waals surface area (Å²) in [5.74, 6) is 0.710. The van der Waals surface area contributed by atoms with E-state index in [-0.39, 0.29) is 0 Å². The van der Waals surface area contributed by atoms with Gasteiger partial charge in [0, 0.05) is 28.2 Å². The Morgan fingerprint density at radius 3 is 2.86 bits per heavy atom. The molecule has 0 unspecified atom stereocenters. The van der Waals surface area contributed by atoms with Gasteiger partial charge in [-0.1, -0.05) is 44.7 Å². The highest BCUT2D eigenvalue weighted by Gasteiger charge is 2.14. The molecule has 5 aromatic rings. The molecule has 0 saturated carbocycles. The Morgan fingerprint density at radius 2 is 2.08 bits per heavy atom. The van der Waals surface area contributed by atoms with Gasteiger partial charge in [-0.25, -0.2) is 4.98 Å². The van der Waals surface area contributed by atoms with Gasteiger partial charge in [-0.3, -0.25) is 10.1 Å². The molecule has 0 saturated heterocycles. The van der Waals surface area contributed by atoms with Gasteiger partial charge in [-0.15, -0.1) is 0 Å². The molecule has 5 rings (SSSR count). The molecule has 0 aliphatic carbocycles. The van der Waals surface area contributed by atoms with Gasteiger partial charge < -0.3 is 10.3 Å². The molecule has 0 aliphatic rings. The summed E-state index contributed by atoms with van der Waals surface area (Å²) in [7, 11) is 0. The molecule has 0 radical (unpaired) electrons. The minimum atomic E-state index is 0.710. The van der Waals surface area contributed by atoms with Crippen molar-refractivity contribution in [3.63, 3.8) is 0 Å². The van der Waals surface area contributed by atoms with Gasteiger partial charge in [0.15, 0.2) is 5.82 Å². The second-order valence-corrected chi connectivity index (χ2v) is 9.73. The van der Waals surface area contributed by atoms with E-state index in [1.54, 1.807) is 11.3 Å². The van der Waals surface area contributed by atoms with Crippen molar-refractivity contribution in [2.75, 3.05) is 5.32 Å². The maximum atomic E-state index is 4.97. The Kier molecular flexibility index (Phi) is 7.14. The Labute approximate surface area is 220 Å². The van der Waals surface area contributed by atoms with E-state index in [0.717, 1.165) is 80.2 Å². The zero-order chi connectivity index (χ0) is 25.8. The molecule has 0 spiro atoms. The molecule has 7 heteroatoms. The van der Waals surface area contributed by atoms with Crippen molar-refractivity contribution in [1.82, 2.24) is 25.1 Å². The number of rotatable bonds is 9. The number of hydrogen-bond acceptors (Lipinski definition) is 5. The van der Waals surface area contributed by atoms with E-state index >= 15 is 0 Å². The summed E-state index contributed by atoms with van der Waals surface area (Å²) in [5.41, 5.74) is 8.56. The van der Waals surface area contributed by atoms with E-state index in [4.69, 9.17) is 4.98 Å². The van der Waals surface area contributed by atoms with E-state index in [2.05, 4.69) is 68.5 Å². The van der Waals surface area contributed by atoms with E-state index < -0.39 is 0 Å². The van der Waals surface area contributed by atoms with E-state index in [0.29, 0.717) is 5.82 Å². The first-order valence-corrected chi connectivity index (χ1v) is 13.3. The minimum Gasteiger partial charge on any atom is -0.358 e. The summed E-state index contributed by atoms with van der Waals surface area (Å²) in [5, 5.41) is 17.2. The van der Waals surface area contributed by atoms with Gasteiger partial charge in [-0.2, -0.15) is 16.4 Å². The average molecular weight is 507 g/mol. The fraction of sp³-hybridized carbons (Fsp3) is 0.167. The summed E-state index contributed by atoms with van der Waals surface area (Å²) in [6.07, 6.45) is 10.8. The predicted molar refractivity (Wildman–Crippen MR) is 156 cm³/mol. The molecular weight excluding hydrogens is 476 g/mol. The third-order valence-corrected chi connectivity index (χ3v) is 6.96. The van der Waals surface area contributed by atoms with Crippen LogP contribution < -0.4 is 15.9 Å². The molecule has 4 aromatic heterocycles. The summed E-state index contributed by atoms with van der Waals surface area (Å²) in [6.45, 7) is 12.6. The molecule has 1 aromatic carbocycles. The summed E-state index contributed by atoms with van der Waals surface area (Å²) in [6, 6.07) is 10.4. The molecule has 3 N–H and O–H groups in total. The molecule has 0 bridgehead atoms. The van der Waals surface area contributed by atoms with Crippen LogP contribution >= 0.6 is 11.3 Å². The molecule has 0 aliphatic heterocycles. The molecule has 37 heavy (non-hydrogen) atoms. The zero-order valence-electron chi connectivity index (χ0n) is 21.1. The first-order valence-electron chi connectivity index (χ1n) is 12.4. The number of unbranched alkanes of at least 4 members (excludes halogenated alkanes) is 1. The Bertz CT molecular complexity index is 1690. The Hall–Kier alpha value is -4.23. The second-order valence-electron chi connectivity index (χ2n) is 8.95. The maximum Gasteiger partial charge on any atom is 0.159 e. The number of nitrogens with one attached hydrogen (secondary N) is 3. The van der Waals surface area contributed by atoms with Gasteiger partial charge in [0.1, 0.15) is 5.69 Å². The van der Waals surface area contributed by atoms with Crippen LogP contribution in [0.5, 0.6) is 0 Å². The predicted octanol–water partition coefficient (Wildman–Crippen LogP) is 6.49. The summed E-state index contributed by atoms with van der Waals surface area (Å²) in [4.78, 5) is 12.9. The fourth-order valence-electron chi connectivity index (χ4n) is 4.30. The largest absolute Gasteiger partial charge is 0.358 e. The number of H-pyrrole nitrogens is 2. The van der Waals surface area contributed by atoms with Crippen molar-refractivity contribution in [2.45, 2.75) is 33.1 Å². The van der Waals surface area contributed by atoms with Crippen LogP contribution in [0.15, 0.2) is 72.3 Å². The molecular formula is C30H30N6S. The van der Waals surface area contributed by atoms with Crippen LogP contribution in [0.2, 0.25) is 0 Å². The minimum absolute atomic E-state index is 0.710. The number of benzene rings is 1. The number of anilines is 1. The van der Waals surface area contributed by atoms with Crippen molar-refractivity contribution in [1.29, 1.82) is 0 Å². The number of para-hydroxylation sites is 1. The van der Waals surface area contributed by atoms with E-state index in [1.165, 1.54) is 0 Å². The van der Waals surface area contributed by atoms with Crippen LogP contribution in [0.25, 0.3) is 51.4 Å². The SMILES string of the molecule is C=C(CCCC)Nc1cncc(C(=C)/C=c2/c(-c3nc4c(-c5ccsc5)cccc4[nH]3)n[nH]/c2=C/C)c1. The third kappa shape index (κ3) is 5.17. The number of fused-ring (bicyclic) bond motifs is 1. The first kappa shape index (κ1) is 24.5. The maximum absolute atomic E-state index is 4.97. The number of imidazole rings is 1. The number of thiophene rings is 1. The van der Waals surface area contributed by atoms with Crippen LogP contribution in [0.4, 0.5) is 5.69 Å². The van der Waals surface area contributed by atoms with Crippen LogP contribution in [0.3, 0.4) is 0 Å². The van der Waals surface area contributed by atoms with Crippen LogP contribution in [0, 0.1) is 0 Å². The lowest BCUT2D eigenvalue weighted by Crippen LogP contribution is -2.23. The standard InChI is InChI=1S/C30H30N6S/c1-5-7-9-20(4)32-23-15-22(16-31-17-23)19(3)14-25-26(6-2)35-36-29(25)30-33-27-11-8-10-24(28(27)34-30)21-12-13-37-18-21/h6,8,10-18,32,35H,3-5,7,9H2,1-2H3,(H,33,34)/b25-14+,26-6+. The van der Waals surface area contributed by atoms with Gasteiger partial charge in [0.2, 0.25) is 0 Å². The number of aromatic amines is 2. The monoisotopic (exact) mass is 506 g/mol. The number of nitrogens with zero attached hydrogens (tertiary/aromatic N) is 3. The Balaban J connectivity index is 1.52. The first-order chi connectivity index (χ1) is 18.1. The van der Waals surface area contributed by atoms with Crippen molar-refractivity contribution < 1.29 is 0 Å². The molecule has 0 amide bonds. The Morgan fingerprint density at radius 1 is 1.19 bits per heavy atom. The third-order valence-electron chi connectivity index (χ3n) is 6.27. The quantitative estimate of drug-likeness (QED) is 0.213. The summed E-state index contributed by atoms with van der Waals surface area (Å²) < 4.78 is 0. The molecule has 186 valence electrons. The van der Waals surface area contributed by atoms with E-state index in [1.807, 2.05) is 49.7 Å². The van der Waals surface area contributed by atoms with Gasteiger partial charge in [0.25, 0.3) is 0 Å². The lowest BCUT2D eigenvalue weighted by atomic mass is 10.1. The van der Waals surface area contributed by atoms with Crippen LogP contribution in [-0.2, 0) is 0 Å². The second kappa shape index (κ2) is 10.8. The molecule has 4 heterocycles. The molecule has 6 nitrogen and oxygen atoms in total. The highest BCUT2D eigenvalue weighted by Crippen LogP contribution is 2.30. The van der Waals surface area contributed by atoms with Crippen LogP contribution in [0.1, 0.15) is 38.7 Å². The van der Waals surface area contributed by atoms with Crippen molar-refractivity contribution in [3.8, 4) is 22.6 Å². The number of hydrogen-bond donors (Lipinski definition) is 3. The van der Waals surface area contributed by atoms with Crippen molar-refractivity contribution >= 4 is 45.8 Å². The van der Waals surface area contributed by atoms with Crippen LogP contribution in [-0.4, -0.2) is 25.1 Å². The van der Waals surface area contributed by atoms with Gasteiger partial charge in [-0.05, 0) is 65.9 Å². The fourth-order valence-corrected chi connectivity index (χ4v) is 4.96. The van der Waals surface area contributed by atoms with Crippen molar-refractivity contribution in [2.24, 2.45) is 0 Å². The van der Waals surface area contributed by atoms with Crippen molar-refractivity contribution in [3.05, 3.63) is 88.5 Å². The normalized spacial score (nSPS) is 12.4. The topological polar surface area (TPSA) is 82.3 Å². The summed E-state index contributed by atoms with van der Waals surface area (Å²) >= 11 is 1.68.